The Balaban J connectivity index is 1.53. The van der Waals surface area contributed by atoms with Gasteiger partial charge in [-0.1, -0.05) is 78.9 Å². The predicted octanol–water partition coefficient (Wildman–Crippen LogP) is 6.40. The molecule has 5 rings (SSSR count). The van der Waals surface area contributed by atoms with Crippen LogP contribution in [0.4, 0.5) is 0 Å². The van der Waals surface area contributed by atoms with E-state index in [4.69, 9.17) is 4.74 Å². The van der Waals surface area contributed by atoms with E-state index < -0.39 is 11.9 Å². The summed E-state index contributed by atoms with van der Waals surface area (Å²) in [5.41, 5.74) is 5.90. The molecule has 0 saturated carbocycles. The Morgan fingerprint density at radius 2 is 1.60 bits per heavy atom. The molecule has 1 aliphatic heterocycles. The lowest BCUT2D eigenvalue weighted by Gasteiger charge is -2.37. The molecule has 35 heavy (non-hydrogen) atoms. The molecule has 1 aliphatic carbocycles. The maximum absolute atomic E-state index is 13.7. The zero-order valence-corrected chi connectivity index (χ0v) is 21.6. The molecule has 0 radical (unpaired) electrons. The first-order valence-electron chi connectivity index (χ1n) is 11.8. The Morgan fingerprint density at radius 3 is 2.31 bits per heavy atom. The molecule has 5 heteroatoms. The number of allylic oxidation sites excluding steroid dienone is 3. The van der Waals surface area contributed by atoms with Crippen LogP contribution in [0.1, 0.15) is 48.3 Å². The molecule has 3 aromatic rings. The number of Topliss-reactive ketones (excluding diaryl/α,β-unsaturated/α-hetero) is 1. The van der Waals surface area contributed by atoms with Gasteiger partial charge in [-0.3, -0.25) is 4.79 Å². The smallest absolute Gasteiger partial charge is 0.337 e. The number of ketones is 1. The van der Waals surface area contributed by atoms with Crippen molar-refractivity contribution in [2.75, 3.05) is 0 Å². The number of hydrogen-bond donors (Lipinski definition) is 1. The monoisotopic (exact) mass is 575 g/mol. The van der Waals surface area contributed by atoms with E-state index in [-0.39, 0.29) is 18.3 Å². The first kappa shape index (κ1) is 23.5. The number of ether oxygens (including phenoxy) is 1. The van der Waals surface area contributed by atoms with Crippen LogP contribution in [0.5, 0.6) is 0 Å². The molecule has 0 fully saturated rings. The zero-order chi connectivity index (χ0) is 24.4. The average molecular weight is 575 g/mol. The van der Waals surface area contributed by atoms with Crippen molar-refractivity contribution in [2.45, 2.75) is 38.2 Å². The SMILES string of the molecule is CC1=C(C(=O)OCc2ccccc2)[C@H](c2ccccc2I)C2=C(C[C@@H](c3ccccc3)CC2=O)N1. The minimum atomic E-state index is -0.452. The Morgan fingerprint density at radius 1 is 0.943 bits per heavy atom. The van der Waals surface area contributed by atoms with Gasteiger partial charge in [-0.2, -0.15) is 0 Å². The highest BCUT2D eigenvalue weighted by Gasteiger charge is 2.42. The summed E-state index contributed by atoms with van der Waals surface area (Å²) in [4.78, 5) is 27.2. The standard InChI is InChI=1S/C30H26INO3/c1-19-27(30(34)35-18-20-10-4-2-5-11-20)28(23-14-8-9-15-24(23)31)29-25(32-19)16-22(17-26(29)33)21-12-6-3-7-13-21/h2-15,22,28,32H,16-18H2,1H3/t22-,28+/m1/s1. The number of carbonyl (C=O) groups is 2. The normalized spacial score (nSPS) is 19.8. The molecule has 1 heterocycles. The van der Waals surface area contributed by atoms with Gasteiger partial charge in [0, 0.05) is 32.9 Å². The third kappa shape index (κ3) is 4.82. The fourth-order valence-corrected chi connectivity index (χ4v) is 5.79. The molecule has 1 N–H and O–H groups in total. The molecule has 0 aromatic heterocycles. The lowest BCUT2D eigenvalue weighted by molar-refractivity contribution is -0.140. The Hall–Kier alpha value is -3.19. The van der Waals surface area contributed by atoms with Crippen molar-refractivity contribution in [3.05, 3.63) is 128 Å². The van der Waals surface area contributed by atoms with Crippen molar-refractivity contribution < 1.29 is 14.3 Å². The minimum Gasteiger partial charge on any atom is -0.457 e. The number of rotatable bonds is 5. The summed E-state index contributed by atoms with van der Waals surface area (Å²) < 4.78 is 6.78. The van der Waals surface area contributed by atoms with Crippen LogP contribution in [0.3, 0.4) is 0 Å². The maximum Gasteiger partial charge on any atom is 0.337 e. The maximum atomic E-state index is 13.7. The highest BCUT2D eigenvalue weighted by atomic mass is 127. The number of nitrogens with one attached hydrogen (secondary N) is 1. The summed E-state index contributed by atoms with van der Waals surface area (Å²) in [6.45, 7) is 2.09. The first-order chi connectivity index (χ1) is 17.0. The molecule has 0 spiro atoms. The van der Waals surface area contributed by atoms with Gasteiger partial charge >= 0.3 is 5.97 Å². The molecular formula is C30H26INO3. The topological polar surface area (TPSA) is 55.4 Å². The van der Waals surface area contributed by atoms with E-state index in [9.17, 15) is 9.59 Å². The van der Waals surface area contributed by atoms with Gasteiger partial charge in [-0.25, -0.2) is 4.79 Å². The van der Waals surface area contributed by atoms with Crippen molar-refractivity contribution in [2.24, 2.45) is 0 Å². The molecule has 0 amide bonds. The third-order valence-electron chi connectivity index (χ3n) is 6.75. The van der Waals surface area contributed by atoms with Crippen LogP contribution in [0.15, 0.2) is 107 Å². The van der Waals surface area contributed by atoms with Crippen molar-refractivity contribution in [1.29, 1.82) is 0 Å². The molecule has 3 aromatic carbocycles. The second-order valence-electron chi connectivity index (χ2n) is 9.01. The van der Waals surface area contributed by atoms with Gasteiger partial charge in [0.05, 0.1) is 5.57 Å². The predicted molar refractivity (Wildman–Crippen MR) is 144 cm³/mol. The number of hydrogen-bond acceptors (Lipinski definition) is 4. The molecule has 2 atom stereocenters. The van der Waals surface area contributed by atoms with E-state index in [0.717, 1.165) is 38.1 Å². The van der Waals surface area contributed by atoms with Crippen LogP contribution in [0.2, 0.25) is 0 Å². The highest BCUT2D eigenvalue weighted by molar-refractivity contribution is 14.1. The van der Waals surface area contributed by atoms with Crippen LogP contribution < -0.4 is 5.32 Å². The summed E-state index contributed by atoms with van der Waals surface area (Å²) in [5.74, 6) is -0.650. The fourth-order valence-electron chi connectivity index (χ4n) is 5.09. The molecule has 176 valence electrons. The van der Waals surface area contributed by atoms with Crippen molar-refractivity contribution >= 4 is 34.3 Å². The first-order valence-corrected chi connectivity index (χ1v) is 12.8. The number of esters is 1. The van der Waals surface area contributed by atoms with E-state index in [2.05, 4.69) is 40.0 Å². The summed E-state index contributed by atoms with van der Waals surface area (Å²) in [6, 6.07) is 27.8. The van der Waals surface area contributed by atoms with Crippen molar-refractivity contribution in [1.82, 2.24) is 5.32 Å². The average Bonchev–Trinajstić information content (AvgIpc) is 2.88. The molecule has 2 aliphatic rings. The lowest BCUT2D eigenvalue weighted by atomic mass is 9.72. The van der Waals surface area contributed by atoms with Crippen LogP contribution in [-0.2, 0) is 20.9 Å². The number of benzene rings is 3. The number of halogens is 1. The van der Waals surface area contributed by atoms with E-state index in [0.29, 0.717) is 17.6 Å². The van der Waals surface area contributed by atoms with Gasteiger partial charge < -0.3 is 10.1 Å². The summed E-state index contributed by atoms with van der Waals surface area (Å²) in [5, 5.41) is 3.43. The quantitative estimate of drug-likeness (QED) is 0.283. The van der Waals surface area contributed by atoms with Crippen molar-refractivity contribution in [3.8, 4) is 0 Å². The van der Waals surface area contributed by atoms with E-state index >= 15 is 0 Å². The van der Waals surface area contributed by atoms with Crippen LogP contribution >= 0.6 is 22.6 Å². The minimum absolute atomic E-state index is 0.0816. The molecule has 4 nitrogen and oxygen atoms in total. The second kappa shape index (κ2) is 10.2. The Bertz CT molecular complexity index is 1330. The van der Waals surface area contributed by atoms with Gasteiger partial charge in [0.15, 0.2) is 5.78 Å². The molecule has 0 unspecified atom stereocenters. The second-order valence-corrected chi connectivity index (χ2v) is 10.2. The number of carbonyl (C=O) groups excluding carboxylic acids is 2. The Labute approximate surface area is 219 Å². The summed E-state index contributed by atoms with van der Waals surface area (Å²) in [6.07, 6.45) is 1.16. The van der Waals surface area contributed by atoms with Crippen LogP contribution in [-0.4, -0.2) is 11.8 Å². The molecular weight excluding hydrogens is 549 g/mol. The van der Waals surface area contributed by atoms with Gasteiger partial charge in [0.2, 0.25) is 0 Å². The number of dihydropyridines is 1. The van der Waals surface area contributed by atoms with E-state index in [1.807, 2.05) is 79.7 Å². The molecule has 0 saturated heterocycles. The highest BCUT2D eigenvalue weighted by Crippen LogP contribution is 2.46. The van der Waals surface area contributed by atoms with E-state index in [1.165, 1.54) is 0 Å². The van der Waals surface area contributed by atoms with Gasteiger partial charge in [-0.15, -0.1) is 0 Å². The Kier molecular flexibility index (Phi) is 6.86. The van der Waals surface area contributed by atoms with Crippen LogP contribution in [0, 0.1) is 3.57 Å². The van der Waals surface area contributed by atoms with Crippen molar-refractivity contribution in [3.63, 3.8) is 0 Å². The van der Waals surface area contributed by atoms with Crippen LogP contribution in [0.25, 0.3) is 0 Å². The lowest BCUT2D eigenvalue weighted by Crippen LogP contribution is -2.36. The largest absolute Gasteiger partial charge is 0.457 e. The summed E-state index contributed by atoms with van der Waals surface area (Å²) >= 11 is 2.29. The summed E-state index contributed by atoms with van der Waals surface area (Å²) in [7, 11) is 0. The van der Waals surface area contributed by atoms with E-state index in [1.54, 1.807) is 0 Å². The van der Waals surface area contributed by atoms with Gasteiger partial charge in [0.25, 0.3) is 0 Å². The van der Waals surface area contributed by atoms with Gasteiger partial charge in [-0.05, 0) is 64.6 Å². The molecule has 0 bridgehead atoms. The zero-order valence-electron chi connectivity index (χ0n) is 19.5. The van der Waals surface area contributed by atoms with Gasteiger partial charge in [0.1, 0.15) is 6.61 Å². The third-order valence-corrected chi connectivity index (χ3v) is 7.73. The fraction of sp³-hybridized carbons (Fsp3) is 0.200.